The zero-order chi connectivity index (χ0) is 26.7. The standard InChI is InChI=1S/C27H38N4O5S/c1-3-29-37(34,35)25-12-9-23(10-13-25)11-14-26(32)31(21-24-7-5-4-6-8-24)22(2)27(33)28-15-16-30-17-19-36-20-18-30/h4-10,12-13,22,29H,3,11,14-21H2,1-2H3,(H,28,33)/t22-/m1/s1. The Morgan fingerprint density at radius 3 is 2.35 bits per heavy atom. The Morgan fingerprint density at radius 1 is 1.03 bits per heavy atom. The van der Waals surface area contributed by atoms with Gasteiger partial charge in [0.05, 0.1) is 18.1 Å². The number of hydrogen-bond donors (Lipinski definition) is 2. The van der Waals surface area contributed by atoms with Crippen LogP contribution in [0.25, 0.3) is 0 Å². The van der Waals surface area contributed by atoms with Crippen LogP contribution in [0.1, 0.15) is 31.4 Å². The maximum absolute atomic E-state index is 13.3. The molecule has 37 heavy (non-hydrogen) atoms. The van der Waals surface area contributed by atoms with Gasteiger partial charge in [-0.05, 0) is 36.6 Å². The van der Waals surface area contributed by atoms with Crippen LogP contribution in [0.15, 0.2) is 59.5 Å². The van der Waals surface area contributed by atoms with Gasteiger partial charge in [-0.3, -0.25) is 14.5 Å². The Labute approximate surface area is 220 Å². The van der Waals surface area contributed by atoms with E-state index >= 15 is 0 Å². The number of nitrogens with one attached hydrogen (secondary N) is 2. The molecule has 2 aromatic carbocycles. The number of aryl methyl sites for hydroxylation is 1. The van der Waals surface area contributed by atoms with Crippen LogP contribution in [-0.4, -0.2) is 82.0 Å². The first-order chi connectivity index (χ1) is 17.8. The lowest BCUT2D eigenvalue weighted by Gasteiger charge is -2.30. The van der Waals surface area contributed by atoms with Crippen LogP contribution in [0.2, 0.25) is 0 Å². The van der Waals surface area contributed by atoms with E-state index in [2.05, 4.69) is 14.9 Å². The summed E-state index contributed by atoms with van der Waals surface area (Å²) in [6, 6.07) is 15.5. The average Bonchev–Trinajstić information content (AvgIpc) is 2.91. The topological polar surface area (TPSA) is 108 Å². The summed E-state index contributed by atoms with van der Waals surface area (Å²) in [6.07, 6.45) is 0.647. The largest absolute Gasteiger partial charge is 0.379 e. The first-order valence-corrected chi connectivity index (χ1v) is 14.3. The number of nitrogens with zero attached hydrogens (tertiary/aromatic N) is 2. The van der Waals surface area contributed by atoms with Gasteiger partial charge in [-0.1, -0.05) is 49.4 Å². The van der Waals surface area contributed by atoms with Crippen molar-refractivity contribution in [1.29, 1.82) is 0 Å². The van der Waals surface area contributed by atoms with Crippen molar-refractivity contribution in [2.75, 3.05) is 45.9 Å². The molecule has 10 heteroatoms. The van der Waals surface area contributed by atoms with Crippen LogP contribution in [-0.2, 0) is 37.3 Å². The van der Waals surface area contributed by atoms with Crippen LogP contribution in [0.5, 0.6) is 0 Å². The zero-order valence-electron chi connectivity index (χ0n) is 21.7. The molecule has 202 valence electrons. The normalized spacial score (nSPS) is 15.2. The molecule has 0 saturated carbocycles. The maximum Gasteiger partial charge on any atom is 0.242 e. The predicted molar refractivity (Wildman–Crippen MR) is 142 cm³/mol. The van der Waals surface area contributed by atoms with Gasteiger partial charge >= 0.3 is 0 Å². The second kappa shape index (κ2) is 14.2. The van der Waals surface area contributed by atoms with Crippen molar-refractivity contribution in [2.45, 2.75) is 44.2 Å². The average molecular weight is 531 g/mol. The third-order valence-electron chi connectivity index (χ3n) is 6.39. The Balaban J connectivity index is 1.61. The van der Waals surface area contributed by atoms with Crippen LogP contribution in [0, 0.1) is 0 Å². The summed E-state index contributed by atoms with van der Waals surface area (Å²) in [5, 5.41) is 2.98. The molecule has 0 spiro atoms. The maximum atomic E-state index is 13.3. The monoisotopic (exact) mass is 530 g/mol. The van der Waals surface area contributed by atoms with Crippen LogP contribution >= 0.6 is 0 Å². The van der Waals surface area contributed by atoms with Gasteiger partial charge in [0.25, 0.3) is 0 Å². The highest BCUT2D eigenvalue weighted by molar-refractivity contribution is 7.89. The summed E-state index contributed by atoms with van der Waals surface area (Å²) in [5.74, 6) is -0.320. The Hall–Kier alpha value is -2.79. The fourth-order valence-corrected chi connectivity index (χ4v) is 5.22. The summed E-state index contributed by atoms with van der Waals surface area (Å²) in [5.41, 5.74) is 1.80. The number of ether oxygens (including phenoxy) is 1. The molecular weight excluding hydrogens is 492 g/mol. The second-order valence-electron chi connectivity index (χ2n) is 9.07. The van der Waals surface area contributed by atoms with Gasteiger partial charge in [0.1, 0.15) is 6.04 Å². The lowest BCUT2D eigenvalue weighted by atomic mass is 10.1. The van der Waals surface area contributed by atoms with E-state index in [-0.39, 0.29) is 23.1 Å². The van der Waals surface area contributed by atoms with Crippen molar-refractivity contribution in [3.63, 3.8) is 0 Å². The number of sulfonamides is 1. The lowest BCUT2D eigenvalue weighted by Crippen LogP contribution is -2.49. The molecule has 0 aromatic heterocycles. The van der Waals surface area contributed by atoms with Crippen LogP contribution < -0.4 is 10.0 Å². The minimum atomic E-state index is -3.52. The van der Waals surface area contributed by atoms with Gasteiger partial charge in [0.15, 0.2) is 0 Å². The predicted octanol–water partition coefficient (Wildman–Crippen LogP) is 1.78. The Morgan fingerprint density at radius 2 is 1.70 bits per heavy atom. The molecule has 2 aromatic rings. The molecular formula is C27H38N4O5S. The summed E-state index contributed by atoms with van der Waals surface area (Å²) >= 11 is 0. The molecule has 3 rings (SSSR count). The van der Waals surface area contributed by atoms with Crippen molar-refractivity contribution in [3.8, 4) is 0 Å². The molecule has 2 N–H and O–H groups in total. The van der Waals surface area contributed by atoms with Gasteiger partial charge < -0.3 is 15.0 Å². The molecule has 1 aliphatic rings. The van der Waals surface area contributed by atoms with E-state index in [4.69, 9.17) is 4.74 Å². The summed E-state index contributed by atoms with van der Waals surface area (Å²) < 4.78 is 32.1. The minimum Gasteiger partial charge on any atom is -0.379 e. The van der Waals surface area contributed by atoms with E-state index in [1.54, 1.807) is 43.0 Å². The fraction of sp³-hybridized carbons (Fsp3) is 0.481. The fourth-order valence-electron chi connectivity index (χ4n) is 4.18. The van der Waals surface area contributed by atoms with E-state index in [1.807, 2.05) is 30.3 Å². The molecule has 1 aliphatic heterocycles. The van der Waals surface area contributed by atoms with Gasteiger partial charge in [0.2, 0.25) is 21.8 Å². The van der Waals surface area contributed by atoms with Crippen molar-refractivity contribution in [2.24, 2.45) is 0 Å². The molecule has 1 fully saturated rings. The molecule has 0 radical (unpaired) electrons. The quantitative estimate of drug-likeness (QED) is 0.409. The van der Waals surface area contributed by atoms with Crippen molar-refractivity contribution in [3.05, 3.63) is 65.7 Å². The van der Waals surface area contributed by atoms with Crippen LogP contribution in [0.3, 0.4) is 0 Å². The zero-order valence-corrected chi connectivity index (χ0v) is 22.5. The summed E-state index contributed by atoms with van der Waals surface area (Å²) in [6.45, 7) is 8.50. The van der Waals surface area contributed by atoms with Crippen molar-refractivity contribution in [1.82, 2.24) is 19.8 Å². The third kappa shape index (κ3) is 8.92. The van der Waals surface area contributed by atoms with Crippen LogP contribution in [0.4, 0.5) is 0 Å². The highest BCUT2D eigenvalue weighted by atomic mass is 32.2. The summed E-state index contributed by atoms with van der Waals surface area (Å²) in [4.78, 5) is 30.3. The van der Waals surface area contributed by atoms with Gasteiger partial charge in [0, 0.05) is 45.7 Å². The number of carbonyl (C=O) groups excluding carboxylic acids is 2. The van der Waals surface area contributed by atoms with E-state index in [0.717, 1.165) is 30.8 Å². The van der Waals surface area contributed by atoms with Gasteiger partial charge in [-0.15, -0.1) is 0 Å². The molecule has 1 heterocycles. The number of morpholine rings is 1. The molecule has 0 unspecified atom stereocenters. The van der Waals surface area contributed by atoms with Gasteiger partial charge in [-0.25, -0.2) is 13.1 Å². The Kier molecular flexibility index (Phi) is 11.1. The molecule has 0 aliphatic carbocycles. The van der Waals surface area contributed by atoms with Crippen molar-refractivity contribution < 1.29 is 22.7 Å². The minimum absolute atomic E-state index is 0.135. The molecule has 9 nitrogen and oxygen atoms in total. The highest BCUT2D eigenvalue weighted by Gasteiger charge is 2.26. The number of rotatable bonds is 13. The highest BCUT2D eigenvalue weighted by Crippen LogP contribution is 2.15. The molecule has 1 atom stereocenters. The van der Waals surface area contributed by atoms with E-state index in [1.165, 1.54) is 0 Å². The van der Waals surface area contributed by atoms with E-state index in [9.17, 15) is 18.0 Å². The third-order valence-corrected chi connectivity index (χ3v) is 7.95. The molecule has 1 saturated heterocycles. The second-order valence-corrected chi connectivity index (χ2v) is 10.8. The first kappa shape index (κ1) is 28.8. The number of benzene rings is 2. The number of hydrogen-bond acceptors (Lipinski definition) is 6. The lowest BCUT2D eigenvalue weighted by molar-refractivity contribution is -0.140. The molecule has 2 amide bonds. The first-order valence-electron chi connectivity index (χ1n) is 12.8. The molecule has 0 bridgehead atoms. The van der Waals surface area contributed by atoms with Crippen molar-refractivity contribution >= 4 is 21.8 Å². The number of amides is 2. The SMILES string of the molecule is CCNS(=O)(=O)c1ccc(CCC(=O)N(Cc2ccccc2)[C@H](C)C(=O)NCCN2CCOCC2)cc1. The van der Waals surface area contributed by atoms with E-state index < -0.39 is 16.1 Å². The smallest absolute Gasteiger partial charge is 0.242 e. The number of carbonyl (C=O) groups is 2. The van der Waals surface area contributed by atoms with E-state index in [0.29, 0.717) is 39.3 Å². The van der Waals surface area contributed by atoms with Gasteiger partial charge in [-0.2, -0.15) is 0 Å². The Bertz CT molecular complexity index is 1100. The summed E-state index contributed by atoms with van der Waals surface area (Å²) in [7, 11) is -3.52.